The Hall–Kier alpha value is -2.83. The molecule has 0 unspecified atom stereocenters. The zero-order valence-corrected chi connectivity index (χ0v) is 16.2. The van der Waals surface area contributed by atoms with Gasteiger partial charge in [0, 0.05) is 26.1 Å². The van der Waals surface area contributed by atoms with Crippen LogP contribution in [0.25, 0.3) is 31.6 Å². The lowest BCUT2D eigenvalue weighted by molar-refractivity contribution is 0.733. The van der Waals surface area contributed by atoms with Gasteiger partial charge in [0.15, 0.2) is 0 Å². The van der Waals surface area contributed by atoms with E-state index >= 15 is 0 Å². The Morgan fingerprint density at radius 1 is 1.07 bits per heavy atom. The van der Waals surface area contributed by atoms with Crippen LogP contribution in [-0.2, 0) is 6.54 Å². The van der Waals surface area contributed by atoms with E-state index in [1.165, 1.54) is 16.2 Å². The highest BCUT2D eigenvalue weighted by atomic mass is 32.1. The third kappa shape index (κ3) is 2.87. The molecule has 6 heteroatoms. The molecule has 0 bridgehead atoms. The molecule has 0 spiro atoms. The van der Waals surface area contributed by atoms with Crippen molar-refractivity contribution in [3.05, 3.63) is 81.2 Å². The van der Waals surface area contributed by atoms with Crippen molar-refractivity contribution in [1.82, 2.24) is 14.5 Å². The van der Waals surface area contributed by atoms with Gasteiger partial charge in [-0.05, 0) is 31.2 Å². The van der Waals surface area contributed by atoms with E-state index in [2.05, 4.69) is 29.0 Å². The highest BCUT2D eigenvalue weighted by Crippen LogP contribution is 2.34. The van der Waals surface area contributed by atoms with Crippen LogP contribution in [-0.4, -0.2) is 14.5 Å². The first-order valence-corrected chi connectivity index (χ1v) is 10.3. The number of fused-ring (bicyclic) bond motifs is 2. The van der Waals surface area contributed by atoms with Crippen molar-refractivity contribution >= 4 is 43.8 Å². The number of aromatic nitrogens is 3. The lowest BCUT2D eigenvalue weighted by Crippen LogP contribution is -2.21. The first-order chi connectivity index (χ1) is 13.2. The predicted octanol–water partition coefficient (Wildman–Crippen LogP) is 5.09. The lowest BCUT2D eigenvalue weighted by Gasteiger charge is -2.07. The smallest absolute Gasteiger partial charge is 0.263 e. The average molecular weight is 390 g/mol. The minimum Gasteiger partial charge on any atom is -0.293 e. The number of nitrogens with zero attached hydrogens (tertiary/aromatic N) is 3. The maximum absolute atomic E-state index is 13.2. The summed E-state index contributed by atoms with van der Waals surface area (Å²) in [6.07, 6.45) is 1.63. The molecule has 0 saturated heterocycles. The van der Waals surface area contributed by atoms with Crippen LogP contribution in [0.4, 0.5) is 0 Å². The molecule has 5 aromatic rings. The van der Waals surface area contributed by atoms with Gasteiger partial charge in [0.1, 0.15) is 4.83 Å². The Morgan fingerprint density at radius 2 is 1.96 bits per heavy atom. The van der Waals surface area contributed by atoms with Gasteiger partial charge in [-0.25, -0.2) is 4.98 Å². The Balaban J connectivity index is 1.60. The largest absolute Gasteiger partial charge is 0.293 e. The molecule has 4 aromatic heterocycles. The molecule has 0 N–H and O–H groups in total. The number of pyridine rings is 1. The van der Waals surface area contributed by atoms with Crippen LogP contribution >= 0.6 is 22.7 Å². The summed E-state index contributed by atoms with van der Waals surface area (Å²) in [4.78, 5) is 25.5. The topological polar surface area (TPSA) is 47.8 Å². The first kappa shape index (κ1) is 16.4. The second-order valence-corrected chi connectivity index (χ2v) is 8.56. The SMILES string of the molecule is Cc1ccc(-c2csc3ncn(Cc4ccc5ccccc5n4)c(=O)c23)s1. The van der Waals surface area contributed by atoms with E-state index in [1.54, 1.807) is 22.2 Å². The monoisotopic (exact) mass is 389 g/mol. The Labute approximate surface area is 163 Å². The van der Waals surface area contributed by atoms with E-state index < -0.39 is 0 Å². The molecule has 1 aromatic carbocycles. The van der Waals surface area contributed by atoms with Gasteiger partial charge < -0.3 is 0 Å². The summed E-state index contributed by atoms with van der Waals surface area (Å²) in [6, 6.07) is 16.2. The third-order valence-electron chi connectivity index (χ3n) is 4.55. The Kier molecular flexibility index (Phi) is 3.88. The van der Waals surface area contributed by atoms with E-state index in [4.69, 9.17) is 0 Å². The van der Waals surface area contributed by atoms with Crippen LogP contribution in [0.1, 0.15) is 10.6 Å². The summed E-state index contributed by atoms with van der Waals surface area (Å²) in [5.41, 5.74) is 2.74. The zero-order chi connectivity index (χ0) is 18.4. The molecule has 0 amide bonds. The van der Waals surface area contributed by atoms with Crippen LogP contribution in [0, 0.1) is 6.92 Å². The minimum absolute atomic E-state index is 0.0164. The molecule has 0 saturated carbocycles. The van der Waals surface area contributed by atoms with E-state index in [0.29, 0.717) is 11.9 Å². The fourth-order valence-electron chi connectivity index (χ4n) is 3.21. The molecule has 0 aliphatic rings. The summed E-state index contributed by atoms with van der Waals surface area (Å²) in [7, 11) is 0. The molecule has 5 rings (SSSR count). The summed E-state index contributed by atoms with van der Waals surface area (Å²) in [5.74, 6) is 0. The quantitative estimate of drug-likeness (QED) is 0.432. The van der Waals surface area contributed by atoms with Crippen molar-refractivity contribution in [2.24, 2.45) is 0 Å². The maximum atomic E-state index is 13.2. The van der Waals surface area contributed by atoms with Crippen molar-refractivity contribution in [2.75, 3.05) is 0 Å². The summed E-state index contributed by atoms with van der Waals surface area (Å²) in [6.45, 7) is 2.48. The average Bonchev–Trinajstić information content (AvgIpc) is 3.30. The number of rotatable bonds is 3. The van der Waals surface area contributed by atoms with Gasteiger partial charge in [0.25, 0.3) is 5.56 Å². The van der Waals surface area contributed by atoms with Crippen LogP contribution in [0.5, 0.6) is 0 Å². The molecule has 132 valence electrons. The number of aryl methyl sites for hydroxylation is 1. The zero-order valence-electron chi connectivity index (χ0n) is 14.5. The van der Waals surface area contributed by atoms with E-state index in [9.17, 15) is 4.79 Å². The van der Waals surface area contributed by atoms with Gasteiger partial charge in [-0.3, -0.25) is 14.3 Å². The normalized spacial score (nSPS) is 11.4. The number of hydrogen-bond acceptors (Lipinski definition) is 5. The maximum Gasteiger partial charge on any atom is 0.263 e. The molecule has 0 atom stereocenters. The molecule has 27 heavy (non-hydrogen) atoms. The van der Waals surface area contributed by atoms with Crippen LogP contribution in [0.15, 0.2) is 65.0 Å². The van der Waals surface area contributed by atoms with Crippen molar-refractivity contribution in [1.29, 1.82) is 0 Å². The first-order valence-electron chi connectivity index (χ1n) is 8.57. The second-order valence-electron chi connectivity index (χ2n) is 6.41. The fourth-order valence-corrected chi connectivity index (χ4v) is 5.07. The molecule has 4 heterocycles. The van der Waals surface area contributed by atoms with Gasteiger partial charge in [0.05, 0.1) is 29.5 Å². The van der Waals surface area contributed by atoms with Gasteiger partial charge in [-0.15, -0.1) is 22.7 Å². The molecule has 0 fully saturated rings. The number of para-hydroxylation sites is 1. The van der Waals surface area contributed by atoms with Gasteiger partial charge >= 0.3 is 0 Å². The lowest BCUT2D eigenvalue weighted by atomic mass is 10.2. The number of benzene rings is 1. The third-order valence-corrected chi connectivity index (χ3v) is 6.48. The standard InChI is InChI=1S/C21H15N3OS2/c1-13-6-9-18(27-13)16-11-26-20-19(16)21(25)24(12-22-20)10-15-8-7-14-4-2-3-5-17(14)23-15/h2-9,11-12H,10H2,1H3. The summed E-state index contributed by atoms with van der Waals surface area (Å²) < 4.78 is 1.65. The Bertz CT molecular complexity index is 1350. The van der Waals surface area contributed by atoms with Crippen molar-refractivity contribution in [2.45, 2.75) is 13.5 Å². The van der Waals surface area contributed by atoms with Crippen LogP contribution < -0.4 is 5.56 Å². The minimum atomic E-state index is -0.0164. The molecular weight excluding hydrogens is 374 g/mol. The highest BCUT2D eigenvalue weighted by Gasteiger charge is 2.15. The van der Waals surface area contributed by atoms with Crippen molar-refractivity contribution in [3.8, 4) is 10.4 Å². The predicted molar refractivity (Wildman–Crippen MR) is 113 cm³/mol. The van der Waals surface area contributed by atoms with Crippen LogP contribution in [0.3, 0.4) is 0 Å². The van der Waals surface area contributed by atoms with E-state index in [0.717, 1.165) is 31.9 Å². The fraction of sp³-hybridized carbons (Fsp3) is 0.0952. The van der Waals surface area contributed by atoms with Crippen LogP contribution in [0.2, 0.25) is 0 Å². The molecule has 0 aliphatic carbocycles. The molecule has 0 aliphatic heterocycles. The number of thiophene rings is 2. The van der Waals surface area contributed by atoms with Gasteiger partial charge in [-0.1, -0.05) is 24.3 Å². The molecular formula is C21H15N3OS2. The number of hydrogen-bond donors (Lipinski definition) is 0. The van der Waals surface area contributed by atoms with E-state index in [-0.39, 0.29) is 5.56 Å². The summed E-state index contributed by atoms with van der Waals surface area (Å²) >= 11 is 3.21. The molecule has 0 radical (unpaired) electrons. The van der Waals surface area contributed by atoms with Gasteiger partial charge in [0.2, 0.25) is 0 Å². The second kappa shape index (κ2) is 6.40. The van der Waals surface area contributed by atoms with Crippen molar-refractivity contribution < 1.29 is 0 Å². The molecule has 4 nitrogen and oxygen atoms in total. The van der Waals surface area contributed by atoms with E-state index in [1.807, 2.05) is 41.8 Å². The van der Waals surface area contributed by atoms with Crippen molar-refractivity contribution in [3.63, 3.8) is 0 Å². The Morgan fingerprint density at radius 3 is 2.81 bits per heavy atom. The van der Waals surface area contributed by atoms with Gasteiger partial charge in [-0.2, -0.15) is 0 Å². The summed E-state index contributed by atoms with van der Waals surface area (Å²) in [5, 5.41) is 3.82. The highest BCUT2D eigenvalue weighted by molar-refractivity contribution is 7.19.